The summed E-state index contributed by atoms with van der Waals surface area (Å²) < 4.78 is 5.56. The van der Waals surface area contributed by atoms with Gasteiger partial charge in [-0.2, -0.15) is 5.10 Å². The molecular weight excluding hydrogens is 168 g/mol. The molecule has 0 spiro atoms. The molecule has 3 N–H and O–H groups in total. The molecule has 4 heteroatoms. The Bertz CT molecular complexity index is 236. The summed E-state index contributed by atoms with van der Waals surface area (Å²) >= 11 is 0. The molecule has 1 heterocycles. The summed E-state index contributed by atoms with van der Waals surface area (Å²) in [6.07, 6.45) is 0.952. The summed E-state index contributed by atoms with van der Waals surface area (Å²) in [4.78, 5) is 0. The van der Waals surface area contributed by atoms with Gasteiger partial charge in [-0.1, -0.05) is 6.08 Å². The minimum absolute atomic E-state index is 0.337. The minimum atomic E-state index is -0.754. The van der Waals surface area contributed by atoms with Gasteiger partial charge in [0.25, 0.3) is 0 Å². The van der Waals surface area contributed by atoms with Gasteiger partial charge in [0, 0.05) is 6.42 Å². The Balaban J connectivity index is 2.87. The third-order valence-corrected chi connectivity index (χ3v) is 2.11. The van der Waals surface area contributed by atoms with Crippen molar-refractivity contribution >= 4 is 5.71 Å². The standard InChI is InChI=1S/C9H16N2O2/c1-4-7-8(12)6(11-10)5-9(2,3)13-7/h4,7-8,12H,1,5,10H2,2-3H3/b11-6+/t7?,8-/m0/s1. The second kappa shape index (κ2) is 3.47. The van der Waals surface area contributed by atoms with E-state index >= 15 is 0 Å². The molecular formula is C9H16N2O2. The van der Waals surface area contributed by atoms with Crippen LogP contribution in [-0.2, 0) is 4.74 Å². The molecule has 0 aliphatic carbocycles. The monoisotopic (exact) mass is 184 g/mol. The lowest BCUT2D eigenvalue weighted by molar-refractivity contribution is -0.0953. The number of aliphatic hydroxyl groups is 1. The number of nitrogens with two attached hydrogens (primary N) is 1. The molecule has 1 aliphatic heterocycles. The zero-order valence-electron chi connectivity index (χ0n) is 8.03. The summed E-state index contributed by atoms with van der Waals surface area (Å²) in [7, 11) is 0. The Hall–Kier alpha value is -0.870. The van der Waals surface area contributed by atoms with E-state index in [9.17, 15) is 5.11 Å². The summed E-state index contributed by atoms with van der Waals surface area (Å²) in [5.41, 5.74) is 0.233. The molecule has 0 aromatic heterocycles. The van der Waals surface area contributed by atoms with E-state index in [1.165, 1.54) is 0 Å². The van der Waals surface area contributed by atoms with Crippen molar-refractivity contribution in [2.45, 2.75) is 38.1 Å². The van der Waals surface area contributed by atoms with Gasteiger partial charge in [0.15, 0.2) is 0 Å². The molecule has 1 rings (SSSR count). The van der Waals surface area contributed by atoms with E-state index in [-0.39, 0.29) is 5.60 Å². The van der Waals surface area contributed by atoms with Gasteiger partial charge in [-0.25, -0.2) is 0 Å². The lowest BCUT2D eigenvalue weighted by Gasteiger charge is -2.38. The highest BCUT2D eigenvalue weighted by molar-refractivity contribution is 5.90. The summed E-state index contributed by atoms with van der Waals surface area (Å²) in [5, 5.41) is 13.2. The molecule has 0 bridgehead atoms. The number of nitrogens with zero attached hydrogens (tertiary/aromatic N) is 1. The minimum Gasteiger partial charge on any atom is -0.384 e. The van der Waals surface area contributed by atoms with Gasteiger partial charge in [-0.3, -0.25) is 0 Å². The molecule has 13 heavy (non-hydrogen) atoms. The van der Waals surface area contributed by atoms with Crippen molar-refractivity contribution in [1.82, 2.24) is 0 Å². The number of hydrazone groups is 1. The first kappa shape index (κ1) is 10.2. The zero-order chi connectivity index (χ0) is 10.1. The van der Waals surface area contributed by atoms with E-state index in [1.807, 2.05) is 13.8 Å². The van der Waals surface area contributed by atoms with Gasteiger partial charge in [-0.05, 0) is 13.8 Å². The second-order valence-corrected chi connectivity index (χ2v) is 3.82. The van der Waals surface area contributed by atoms with Crippen LogP contribution in [0.2, 0.25) is 0 Å². The summed E-state index contributed by atoms with van der Waals surface area (Å²) in [6, 6.07) is 0. The first-order valence-electron chi connectivity index (χ1n) is 4.25. The Morgan fingerprint density at radius 1 is 1.77 bits per heavy atom. The molecule has 1 saturated heterocycles. The van der Waals surface area contributed by atoms with Gasteiger partial charge >= 0.3 is 0 Å². The number of ether oxygens (including phenoxy) is 1. The number of hydrogen-bond acceptors (Lipinski definition) is 4. The SMILES string of the molecule is C=CC1OC(C)(C)C/C(=N\N)[C@@H]1O. The first-order chi connectivity index (χ1) is 6.00. The normalized spacial score (nSPS) is 36.1. The average Bonchev–Trinajstić information content (AvgIpc) is 2.08. The third-order valence-electron chi connectivity index (χ3n) is 2.11. The fourth-order valence-electron chi connectivity index (χ4n) is 1.50. The lowest BCUT2D eigenvalue weighted by Crippen LogP contribution is -2.49. The Morgan fingerprint density at radius 3 is 2.85 bits per heavy atom. The highest BCUT2D eigenvalue weighted by Crippen LogP contribution is 2.26. The molecule has 2 atom stereocenters. The molecule has 4 nitrogen and oxygen atoms in total. The Kier molecular flexibility index (Phi) is 2.73. The maximum Gasteiger partial charge on any atom is 0.124 e. The van der Waals surface area contributed by atoms with Crippen LogP contribution in [0, 0.1) is 0 Å². The van der Waals surface area contributed by atoms with Crippen molar-refractivity contribution in [1.29, 1.82) is 0 Å². The molecule has 1 fully saturated rings. The second-order valence-electron chi connectivity index (χ2n) is 3.82. The summed E-state index contributed by atoms with van der Waals surface area (Å²) in [6.45, 7) is 7.45. The quantitative estimate of drug-likeness (QED) is 0.352. The Labute approximate surface area is 78.1 Å². The van der Waals surface area contributed by atoms with E-state index in [4.69, 9.17) is 10.6 Å². The number of rotatable bonds is 1. The van der Waals surface area contributed by atoms with E-state index in [0.717, 1.165) is 0 Å². The maximum absolute atomic E-state index is 9.65. The van der Waals surface area contributed by atoms with E-state index in [2.05, 4.69) is 11.7 Å². The van der Waals surface area contributed by atoms with Gasteiger partial charge < -0.3 is 15.7 Å². The smallest absolute Gasteiger partial charge is 0.124 e. The number of hydrogen-bond donors (Lipinski definition) is 2. The molecule has 1 aliphatic rings. The third kappa shape index (κ3) is 2.08. The van der Waals surface area contributed by atoms with Crippen LogP contribution < -0.4 is 5.84 Å². The predicted molar refractivity (Wildman–Crippen MR) is 51.4 cm³/mol. The molecule has 1 unspecified atom stereocenters. The van der Waals surface area contributed by atoms with Crippen LogP contribution in [0.15, 0.2) is 17.8 Å². The van der Waals surface area contributed by atoms with Crippen LogP contribution >= 0.6 is 0 Å². The number of aliphatic hydroxyl groups excluding tert-OH is 1. The average molecular weight is 184 g/mol. The predicted octanol–water partition coefficient (Wildman–Crippen LogP) is 0.416. The molecule has 0 saturated carbocycles. The van der Waals surface area contributed by atoms with E-state index in [1.54, 1.807) is 6.08 Å². The van der Waals surface area contributed by atoms with Crippen LogP contribution in [0.4, 0.5) is 0 Å². The van der Waals surface area contributed by atoms with Crippen molar-refractivity contribution in [3.63, 3.8) is 0 Å². The molecule has 0 aromatic carbocycles. The van der Waals surface area contributed by atoms with E-state index in [0.29, 0.717) is 12.1 Å². The maximum atomic E-state index is 9.65. The Morgan fingerprint density at radius 2 is 2.38 bits per heavy atom. The van der Waals surface area contributed by atoms with E-state index < -0.39 is 12.2 Å². The lowest BCUT2D eigenvalue weighted by atomic mass is 9.91. The van der Waals surface area contributed by atoms with Gasteiger partial charge in [0.1, 0.15) is 12.2 Å². The highest BCUT2D eigenvalue weighted by atomic mass is 16.5. The van der Waals surface area contributed by atoms with Crippen LogP contribution in [0.3, 0.4) is 0 Å². The van der Waals surface area contributed by atoms with Crippen LogP contribution in [0.25, 0.3) is 0 Å². The van der Waals surface area contributed by atoms with Crippen molar-refractivity contribution in [3.8, 4) is 0 Å². The van der Waals surface area contributed by atoms with Crippen molar-refractivity contribution in [3.05, 3.63) is 12.7 Å². The van der Waals surface area contributed by atoms with Gasteiger partial charge in [0.2, 0.25) is 0 Å². The van der Waals surface area contributed by atoms with Gasteiger partial charge in [0.05, 0.1) is 11.3 Å². The fourth-order valence-corrected chi connectivity index (χ4v) is 1.50. The highest BCUT2D eigenvalue weighted by Gasteiger charge is 2.37. The molecule has 0 amide bonds. The molecule has 0 radical (unpaired) electrons. The van der Waals surface area contributed by atoms with Crippen LogP contribution in [0.1, 0.15) is 20.3 Å². The van der Waals surface area contributed by atoms with Crippen LogP contribution in [-0.4, -0.2) is 28.6 Å². The topological polar surface area (TPSA) is 67.8 Å². The van der Waals surface area contributed by atoms with Crippen molar-refractivity contribution in [2.75, 3.05) is 0 Å². The van der Waals surface area contributed by atoms with Crippen molar-refractivity contribution < 1.29 is 9.84 Å². The van der Waals surface area contributed by atoms with Gasteiger partial charge in [-0.15, -0.1) is 6.58 Å². The fraction of sp³-hybridized carbons (Fsp3) is 0.667. The van der Waals surface area contributed by atoms with Crippen LogP contribution in [0.5, 0.6) is 0 Å². The summed E-state index contributed by atoms with van der Waals surface area (Å²) in [5.74, 6) is 5.17. The molecule has 74 valence electrons. The van der Waals surface area contributed by atoms with Crippen molar-refractivity contribution in [2.24, 2.45) is 10.9 Å². The largest absolute Gasteiger partial charge is 0.384 e. The first-order valence-corrected chi connectivity index (χ1v) is 4.25. The zero-order valence-corrected chi connectivity index (χ0v) is 8.03. The molecule has 0 aromatic rings.